The first-order valence-electron chi connectivity index (χ1n) is 28.6. The van der Waals surface area contributed by atoms with Crippen molar-refractivity contribution in [2.45, 2.75) is 205 Å². The largest absolute Gasteiger partial charge is 0.510 e. The molecule has 0 aromatic heterocycles. The van der Waals surface area contributed by atoms with Crippen molar-refractivity contribution in [3.8, 4) is 0 Å². The minimum absolute atomic E-state index is 0.0570. The van der Waals surface area contributed by atoms with Crippen molar-refractivity contribution in [2.24, 2.45) is 46.8 Å². The van der Waals surface area contributed by atoms with Crippen LogP contribution in [0, 0.1) is 46.8 Å². The molecule has 7 aliphatic rings. The highest BCUT2D eigenvalue weighted by Gasteiger charge is 2.88. The highest BCUT2D eigenvalue weighted by atomic mass is 32.2. The summed E-state index contributed by atoms with van der Waals surface area (Å²) in [4.78, 5) is 0. The first-order chi connectivity index (χ1) is 35.2. The van der Waals surface area contributed by atoms with Gasteiger partial charge in [0, 0.05) is 64.9 Å². The lowest BCUT2D eigenvalue weighted by atomic mass is 9.55. The fraction of sp³-hybridized carbons (Fsp3) is 1.00. The Hall–Kier alpha value is 4.49. The van der Waals surface area contributed by atoms with E-state index in [0.29, 0.717) is 103 Å². The van der Waals surface area contributed by atoms with Crippen LogP contribution in [0.3, 0.4) is 0 Å². The van der Waals surface area contributed by atoms with Crippen molar-refractivity contribution in [1.29, 1.82) is 0 Å². The summed E-state index contributed by atoms with van der Waals surface area (Å²) in [7, 11) is -11.4. The number of hydrogen-bond donors (Lipinski definition) is 12. The first-order valence-corrected chi connectivity index (χ1v) is 39.2. The van der Waals surface area contributed by atoms with Gasteiger partial charge in [-0.3, -0.25) is 0 Å². The fourth-order valence-corrected chi connectivity index (χ4v) is 40.0. The maximum Gasteiger partial charge on any atom is 0.510 e. The van der Waals surface area contributed by atoms with Gasteiger partial charge in [-0.1, -0.05) is 32.1 Å². The van der Waals surface area contributed by atoms with Crippen molar-refractivity contribution in [3.05, 3.63) is 0 Å². The van der Waals surface area contributed by atoms with Crippen LogP contribution in [0.2, 0.25) is 15.1 Å². The molecule has 10 unspecified atom stereocenters. The van der Waals surface area contributed by atoms with E-state index in [9.17, 15) is 0 Å². The van der Waals surface area contributed by atoms with Gasteiger partial charge in [-0.15, -0.1) is 0 Å². The van der Waals surface area contributed by atoms with Crippen LogP contribution in [0.5, 0.6) is 0 Å². The second-order valence-corrected chi connectivity index (χ2v) is 41.9. The lowest BCUT2D eigenvalue weighted by molar-refractivity contribution is -0.0121. The summed E-state index contributed by atoms with van der Waals surface area (Å²) in [6.45, 7) is 21.6. The molecule has 7 aliphatic carbocycles. The third kappa shape index (κ3) is 9.53. The quantitative estimate of drug-likeness (QED) is 0.0196. The Bertz CT molecular complexity index is 1810. The third-order valence-corrected chi connectivity index (χ3v) is 44.5. The van der Waals surface area contributed by atoms with Gasteiger partial charge in [0.15, 0.2) is 0 Å². The topological polar surface area (TPSA) is 83.1 Å². The van der Waals surface area contributed by atoms with E-state index in [-0.39, 0.29) is 17.8 Å². The van der Waals surface area contributed by atoms with Crippen LogP contribution in [0.25, 0.3) is 0 Å². The molecule has 0 N–H and O–H groups in total. The fourth-order valence-electron chi connectivity index (χ4n) is 17.9. The van der Waals surface area contributed by atoms with Crippen LogP contribution in [-0.4, -0.2) is 110 Å². The van der Waals surface area contributed by atoms with E-state index in [4.69, 9.17) is 191 Å². The zero-order valence-corrected chi connectivity index (χ0v) is 60.0. The molecular formula is C51H96O9S12Si3. The van der Waals surface area contributed by atoms with Gasteiger partial charge >= 0.3 is 26.4 Å². The average Bonchev–Trinajstić information content (AvgIpc) is 4.24. The van der Waals surface area contributed by atoms with Crippen LogP contribution in [0.4, 0.5) is 0 Å². The van der Waals surface area contributed by atoms with Crippen molar-refractivity contribution in [2.75, 3.05) is 59.5 Å². The highest BCUT2D eigenvalue weighted by molar-refractivity contribution is 8.10. The van der Waals surface area contributed by atoms with Crippen LogP contribution >= 0.6 is 152 Å². The Morgan fingerprint density at radius 3 is 0.840 bits per heavy atom. The number of rotatable bonds is 30. The van der Waals surface area contributed by atoms with Gasteiger partial charge in [0.25, 0.3) is 0 Å². The molecule has 10 atom stereocenters. The highest BCUT2D eigenvalue weighted by Crippen LogP contribution is 2.87. The lowest BCUT2D eigenvalue weighted by Gasteiger charge is -2.73. The normalized spacial score (nSPS) is 34.9. The molecular weight excluding hydrogens is 1230 g/mol. The van der Waals surface area contributed by atoms with Crippen molar-refractivity contribution in [1.82, 2.24) is 0 Å². The Labute approximate surface area is 523 Å². The van der Waals surface area contributed by atoms with Crippen molar-refractivity contribution >= 4 is 178 Å². The van der Waals surface area contributed by atoms with Gasteiger partial charge in [-0.05, 0) is 174 Å². The van der Waals surface area contributed by atoms with Gasteiger partial charge in [-0.2, -0.15) is 152 Å². The molecule has 0 heterocycles. The predicted molar refractivity (Wildman–Crippen MR) is 355 cm³/mol. The Morgan fingerprint density at radius 2 is 0.613 bits per heavy atom. The summed E-state index contributed by atoms with van der Waals surface area (Å²) in [5, 5.41) is -2.70. The molecule has 438 valence electrons. The molecule has 7 saturated carbocycles. The summed E-state index contributed by atoms with van der Waals surface area (Å²) in [6.07, 6.45) is 13.7. The molecule has 24 heteroatoms. The zero-order chi connectivity index (χ0) is 55.6. The smallest absolute Gasteiger partial charge is 0.373 e. The molecule has 0 aromatic carbocycles. The average molecular weight is 1320 g/mol. The Balaban J connectivity index is 1.61. The van der Waals surface area contributed by atoms with Crippen LogP contribution < -0.4 is 0 Å². The molecule has 0 radical (unpaired) electrons. The van der Waals surface area contributed by atoms with Gasteiger partial charge in [0.2, 0.25) is 0 Å². The molecule has 0 amide bonds. The third-order valence-electron chi connectivity index (χ3n) is 20.2. The van der Waals surface area contributed by atoms with E-state index in [1.165, 1.54) is 0 Å². The Kier molecular flexibility index (Phi) is 22.3. The SMILES string of the molecule is CCO[Si](OCC)(OCC)C1(C(S)(S)C(S)(S)C2CCCCC2(C(S)(S)C(S)(S)C2([Si](OCC)(OCC)OCC)CC3CCC2C3)C(S)(S)C(S)(S)C2([Si](OCC)(OCC)OCC)CC3CCC2C3)CC2CCC1C2. The minimum Gasteiger partial charge on any atom is -0.373 e. The summed E-state index contributed by atoms with van der Waals surface area (Å²) in [5.74, 6) is 0.689. The van der Waals surface area contributed by atoms with E-state index in [1.54, 1.807) is 0 Å². The monoisotopic (exact) mass is 1320 g/mol. The maximum atomic E-state index is 7.15. The molecule has 7 fully saturated rings. The van der Waals surface area contributed by atoms with E-state index in [2.05, 4.69) is 0 Å². The van der Waals surface area contributed by atoms with Gasteiger partial charge in [0.1, 0.15) is 0 Å². The predicted octanol–water partition coefficient (Wildman–Crippen LogP) is 14.3. The molecule has 6 bridgehead atoms. The minimum atomic E-state index is -3.83. The molecule has 0 spiro atoms. The van der Waals surface area contributed by atoms with Crippen molar-refractivity contribution in [3.63, 3.8) is 0 Å². The Morgan fingerprint density at radius 1 is 0.347 bits per heavy atom. The second kappa shape index (κ2) is 24.9. The molecule has 0 aliphatic heterocycles. The lowest BCUT2D eigenvalue weighted by Crippen LogP contribution is -2.79. The van der Waals surface area contributed by atoms with E-state index in [1.807, 2.05) is 62.3 Å². The molecule has 0 aromatic rings. The summed E-state index contributed by atoms with van der Waals surface area (Å²) in [5.41, 5.74) is -1.37. The summed E-state index contributed by atoms with van der Waals surface area (Å²) >= 11 is 73.8. The molecule has 75 heavy (non-hydrogen) atoms. The molecule has 9 nitrogen and oxygen atoms in total. The number of fused-ring (bicyclic) bond motifs is 6. The summed E-state index contributed by atoms with van der Waals surface area (Å²) in [6, 6.07) is 0. The van der Waals surface area contributed by atoms with Crippen LogP contribution in [0.1, 0.15) is 165 Å². The van der Waals surface area contributed by atoms with Gasteiger partial charge < -0.3 is 39.8 Å². The maximum absolute atomic E-state index is 7.15. The van der Waals surface area contributed by atoms with Gasteiger partial charge in [-0.25, -0.2) is 0 Å². The van der Waals surface area contributed by atoms with Crippen molar-refractivity contribution < 1.29 is 39.8 Å². The van der Waals surface area contributed by atoms with E-state index < -0.39 is 77.3 Å². The number of thiol groups is 12. The number of hydrogen-bond acceptors (Lipinski definition) is 21. The van der Waals surface area contributed by atoms with Gasteiger partial charge in [0.05, 0.1) is 39.6 Å². The summed E-state index contributed by atoms with van der Waals surface area (Å²) < 4.78 is 55.2. The van der Waals surface area contributed by atoms with E-state index in [0.717, 1.165) is 77.0 Å². The standard InChI is InChI=1S/C51H96O9S12Si3/c1-10-52-73(53-11-2,54-12-3)43(32-35-22-25-38(43)29-35)49(67,68)46(61,62)41-21-19-20-28-42(41,47(63,64)50(69,70)44(33-36-23-26-39(44)30-36)74(55-13-4,56-14-5)57-15-6)48(65,66)51(71,72)45(34-37-24-27-40(45)31-37)75(58-16-7,59-17-8)60-18-9/h35-41,61-72H,10-34H2,1-9H3. The molecule has 0 saturated heterocycles. The second-order valence-electron chi connectivity index (χ2n) is 23.1. The zero-order valence-electron chi connectivity index (χ0n) is 46.3. The van der Waals surface area contributed by atoms with E-state index >= 15 is 0 Å². The van der Waals surface area contributed by atoms with Crippen LogP contribution in [-0.2, 0) is 39.8 Å². The van der Waals surface area contributed by atoms with Crippen LogP contribution in [0.15, 0.2) is 0 Å². The molecule has 7 rings (SSSR count). The first kappa shape index (κ1) is 67.0.